The van der Waals surface area contributed by atoms with Crippen molar-refractivity contribution in [1.29, 1.82) is 0 Å². The van der Waals surface area contributed by atoms with Gasteiger partial charge in [0.15, 0.2) is 0 Å². The Morgan fingerprint density at radius 3 is 2.57 bits per heavy atom. The van der Waals surface area contributed by atoms with Gasteiger partial charge in [-0.25, -0.2) is 4.79 Å². The molecule has 5 nitrogen and oxygen atoms in total. The first kappa shape index (κ1) is 20.6. The number of nitrogens with one attached hydrogen (secondary N) is 1. The number of anilines is 1. The molecule has 1 aliphatic carbocycles. The number of thiophene rings is 1. The summed E-state index contributed by atoms with van der Waals surface area (Å²) in [5.74, 6) is -0.503. The fraction of sp³-hybridized carbons (Fsp3) is 0.455. The lowest BCUT2D eigenvalue weighted by molar-refractivity contribution is -0.117. The van der Waals surface area contributed by atoms with Crippen molar-refractivity contribution in [2.24, 2.45) is 0 Å². The van der Waals surface area contributed by atoms with E-state index >= 15 is 0 Å². The van der Waals surface area contributed by atoms with Gasteiger partial charge in [0.25, 0.3) is 0 Å². The molecular formula is C22H28N2O3S. The van der Waals surface area contributed by atoms with Gasteiger partial charge >= 0.3 is 5.97 Å². The maximum absolute atomic E-state index is 12.6. The summed E-state index contributed by atoms with van der Waals surface area (Å²) >= 11 is 1.41. The van der Waals surface area contributed by atoms with Crippen LogP contribution in [0.2, 0.25) is 0 Å². The summed E-state index contributed by atoms with van der Waals surface area (Å²) in [4.78, 5) is 28.1. The van der Waals surface area contributed by atoms with Gasteiger partial charge in [-0.1, -0.05) is 49.6 Å². The molecule has 0 spiro atoms. The van der Waals surface area contributed by atoms with Crippen molar-refractivity contribution >= 4 is 28.2 Å². The Kier molecular flexibility index (Phi) is 7.23. The third-order valence-electron chi connectivity index (χ3n) is 5.13. The Hall–Kier alpha value is -2.18. The van der Waals surface area contributed by atoms with E-state index in [1.165, 1.54) is 30.6 Å². The van der Waals surface area contributed by atoms with Gasteiger partial charge < -0.3 is 10.1 Å². The molecule has 0 saturated heterocycles. The minimum absolute atomic E-state index is 0.0971. The van der Waals surface area contributed by atoms with Crippen LogP contribution in [0.4, 0.5) is 5.00 Å². The Bertz CT molecular complexity index is 797. The fourth-order valence-corrected chi connectivity index (χ4v) is 4.70. The van der Waals surface area contributed by atoms with Gasteiger partial charge in [0, 0.05) is 10.9 Å². The molecule has 1 saturated carbocycles. The number of esters is 1. The van der Waals surface area contributed by atoms with E-state index in [1.54, 1.807) is 13.0 Å². The molecule has 28 heavy (non-hydrogen) atoms. The Morgan fingerprint density at radius 2 is 1.89 bits per heavy atom. The molecule has 0 atom stereocenters. The topological polar surface area (TPSA) is 58.6 Å². The lowest BCUT2D eigenvalue weighted by Gasteiger charge is -2.30. The Morgan fingerprint density at radius 1 is 1.18 bits per heavy atom. The van der Waals surface area contributed by atoms with E-state index in [0.717, 1.165) is 23.3 Å². The second-order valence-corrected chi connectivity index (χ2v) is 8.25. The Balaban J connectivity index is 1.74. The average Bonchev–Trinajstić information content (AvgIpc) is 3.13. The number of amides is 1. The van der Waals surface area contributed by atoms with Crippen molar-refractivity contribution in [2.75, 3.05) is 25.5 Å². The average molecular weight is 401 g/mol. The molecule has 0 aliphatic heterocycles. The smallest absolute Gasteiger partial charge is 0.341 e. The number of carbonyl (C=O) groups excluding carboxylic acids is 2. The van der Waals surface area contributed by atoms with Crippen LogP contribution in [0, 0.1) is 0 Å². The molecule has 1 aromatic carbocycles. The van der Waals surface area contributed by atoms with E-state index in [4.69, 9.17) is 4.74 Å². The van der Waals surface area contributed by atoms with Gasteiger partial charge in [0.2, 0.25) is 5.91 Å². The van der Waals surface area contributed by atoms with Crippen LogP contribution in [0.1, 0.15) is 49.4 Å². The molecule has 0 radical (unpaired) electrons. The maximum Gasteiger partial charge on any atom is 0.341 e. The van der Waals surface area contributed by atoms with E-state index in [0.29, 0.717) is 29.8 Å². The van der Waals surface area contributed by atoms with Crippen molar-refractivity contribution in [3.05, 3.63) is 42.0 Å². The van der Waals surface area contributed by atoms with Gasteiger partial charge in [-0.2, -0.15) is 0 Å². The van der Waals surface area contributed by atoms with Gasteiger partial charge in [0.1, 0.15) is 5.00 Å². The van der Waals surface area contributed by atoms with Crippen molar-refractivity contribution in [2.45, 2.75) is 45.1 Å². The van der Waals surface area contributed by atoms with Gasteiger partial charge in [-0.3, -0.25) is 9.69 Å². The van der Waals surface area contributed by atoms with E-state index in [2.05, 4.69) is 10.2 Å². The monoisotopic (exact) mass is 400 g/mol. The second-order valence-electron chi connectivity index (χ2n) is 7.20. The lowest BCUT2D eigenvalue weighted by atomic mass is 9.94. The summed E-state index contributed by atoms with van der Waals surface area (Å²) in [5.41, 5.74) is 1.43. The number of hydrogen-bond donors (Lipinski definition) is 1. The predicted octanol–water partition coefficient (Wildman–Crippen LogP) is 4.79. The minimum Gasteiger partial charge on any atom is -0.462 e. The first-order valence-electron chi connectivity index (χ1n) is 9.95. The number of ether oxygens (including phenoxy) is 1. The summed E-state index contributed by atoms with van der Waals surface area (Å²) in [5, 5.41) is 3.50. The van der Waals surface area contributed by atoms with Crippen LogP contribution in [0.25, 0.3) is 10.4 Å². The molecule has 3 rings (SSSR count). The van der Waals surface area contributed by atoms with Crippen molar-refractivity contribution < 1.29 is 14.3 Å². The van der Waals surface area contributed by atoms with Crippen LogP contribution in [-0.2, 0) is 9.53 Å². The molecule has 1 amide bonds. The zero-order chi connectivity index (χ0) is 19.9. The van der Waals surface area contributed by atoms with Crippen LogP contribution in [-0.4, -0.2) is 43.0 Å². The quantitative estimate of drug-likeness (QED) is 0.679. The zero-order valence-corrected chi connectivity index (χ0v) is 17.4. The number of hydrogen-bond acceptors (Lipinski definition) is 5. The van der Waals surface area contributed by atoms with E-state index in [1.807, 2.05) is 37.4 Å². The standard InChI is InChI=1S/C22H28N2O3S/c1-3-27-22(26)18-14-19(16-10-6-4-7-11-16)28-21(18)23-20(25)15-24(2)17-12-8-5-9-13-17/h4,6-7,10-11,14,17H,3,5,8-9,12-13,15H2,1-2H3,(H,23,25). The van der Waals surface area contributed by atoms with Crippen molar-refractivity contribution in [3.8, 4) is 10.4 Å². The highest BCUT2D eigenvalue weighted by Gasteiger charge is 2.23. The summed E-state index contributed by atoms with van der Waals surface area (Å²) in [6, 6.07) is 12.1. The largest absolute Gasteiger partial charge is 0.462 e. The SMILES string of the molecule is CCOC(=O)c1cc(-c2ccccc2)sc1NC(=O)CN(C)C1CCCCC1. The molecule has 1 aliphatic rings. The summed E-state index contributed by atoms with van der Waals surface area (Å²) in [6.07, 6.45) is 6.05. The highest BCUT2D eigenvalue weighted by Crippen LogP contribution is 2.36. The van der Waals surface area contributed by atoms with Crippen LogP contribution < -0.4 is 5.32 Å². The molecule has 1 N–H and O–H groups in total. The lowest BCUT2D eigenvalue weighted by Crippen LogP contribution is -2.39. The molecule has 6 heteroatoms. The molecule has 150 valence electrons. The molecule has 1 fully saturated rings. The highest BCUT2D eigenvalue weighted by molar-refractivity contribution is 7.20. The molecule has 0 unspecified atom stereocenters. The highest BCUT2D eigenvalue weighted by atomic mass is 32.1. The third kappa shape index (κ3) is 5.20. The number of carbonyl (C=O) groups is 2. The molecule has 1 heterocycles. The summed E-state index contributed by atoms with van der Waals surface area (Å²) < 4.78 is 5.18. The minimum atomic E-state index is -0.406. The number of rotatable bonds is 7. The van der Waals surface area contributed by atoms with Gasteiger partial charge in [0.05, 0.1) is 18.7 Å². The van der Waals surface area contributed by atoms with Crippen molar-refractivity contribution in [3.63, 3.8) is 0 Å². The number of nitrogens with zero attached hydrogens (tertiary/aromatic N) is 1. The van der Waals surface area contributed by atoms with E-state index in [9.17, 15) is 9.59 Å². The van der Waals surface area contributed by atoms with Crippen LogP contribution in [0.5, 0.6) is 0 Å². The number of benzene rings is 1. The molecule has 0 bridgehead atoms. The van der Waals surface area contributed by atoms with Crippen LogP contribution >= 0.6 is 11.3 Å². The second kappa shape index (κ2) is 9.85. The normalized spacial score (nSPS) is 14.8. The zero-order valence-electron chi connectivity index (χ0n) is 16.6. The van der Waals surface area contributed by atoms with Crippen LogP contribution in [0.3, 0.4) is 0 Å². The summed E-state index contributed by atoms with van der Waals surface area (Å²) in [6.45, 7) is 2.40. The van der Waals surface area contributed by atoms with Gasteiger partial charge in [-0.15, -0.1) is 11.3 Å². The molecule has 1 aromatic heterocycles. The van der Waals surface area contributed by atoms with Gasteiger partial charge in [-0.05, 0) is 38.4 Å². The molecular weight excluding hydrogens is 372 g/mol. The third-order valence-corrected chi connectivity index (χ3v) is 6.23. The van der Waals surface area contributed by atoms with Crippen molar-refractivity contribution in [1.82, 2.24) is 4.90 Å². The van der Waals surface area contributed by atoms with E-state index < -0.39 is 5.97 Å². The number of likely N-dealkylation sites (N-methyl/N-ethyl adjacent to an activating group) is 1. The molecule has 2 aromatic rings. The Labute approximate surface area is 170 Å². The predicted molar refractivity (Wildman–Crippen MR) is 114 cm³/mol. The first-order chi connectivity index (χ1) is 13.6. The maximum atomic E-state index is 12.6. The first-order valence-corrected chi connectivity index (χ1v) is 10.8. The summed E-state index contributed by atoms with van der Waals surface area (Å²) in [7, 11) is 2.01. The fourth-order valence-electron chi connectivity index (χ4n) is 3.63. The van der Waals surface area contributed by atoms with Crippen LogP contribution in [0.15, 0.2) is 36.4 Å². The van der Waals surface area contributed by atoms with E-state index in [-0.39, 0.29) is 5.91 Å².